The van der Waals surface area contributed by atoms with Gasteiger partial charge < -0.3 is 20.3 Å². The Bertz CT molecular complexity index is 399. The molecule has 18 heavy (non-hydrogen) atoms. The predicted octanol–water partition coefficient (Wildman–Crippen LogP) is 0.820. The largest absolute Gasteiger partial charge is 0.508 e. The zero-order chi connectivity index (χ0) is 13.1. The Morgan fingerprint density at radius 1 is 1.28 bits per heavy atom. The summed E-state index contributed by atoms with van der Waals surface area (Å²) in [5.41, 5.74) is 7.23. The molecule has 0 aromatic heterocycles. The van der Waals surface area contributed by atoms with Crippen LogP contribution in [0, 0.1) is 0 Å². The Hall–Kier alpha value is -1.30. The molecule has 2 unspecified atom stereocenters. The minimum atomic E-state index is 0.0817. The van der Waals surface area contributed by atoms with Gasteiger partial charge in [-0.25, -0.2) is 0 Å². The van der Waals surface area contributed by atoms with E-state index in [1.54, 1.807) is 32.4 Å². The van der Waals surface area contributed by atoms with E-state index < -0.39 is 0 Å². The van der Waals surface area contributed by atoms with E-state index in [9.17, 15) is 5.11 Å². The molecule has 0 aliphatic carbocycles. The van der Waals surface area contributed by atoms with E-state index in [2.05, 4.69) is 4.90 Å². The van der Waals surface area contributed by atoms with Crippen LogP contribution in [0.1, 0.15) is 5.56 Å². The molecule has 0 amide bonds. The first-order chi connectivity index (χ1) is 8.63. The van der Waals surface area contributed by atoms with Crippen LogP contribution in [0.3, 0.4) is 0 Å². The summed E-state index contributed by atoms with van der Waals surface area (Å²) < 4.78 is 10.8. The highest BCUT2D eigenvalue weighted by molar-refractivity contribution is 5.47. The molecule has 5 heteroatoms. The second-order valence-electron chi connectivity index (χ2n) is 4.63. The number of nitrogen functional groups attached to an aromatic ring is 1. The number of methoxy groups -OCH3 is 2. The molecule has 3 N–H and O–H groups in total. The van der Waals surface area contributed by atoms with Crippen LogP contribution in [0.25, 0.3) is 0 Å². The first kappa shape index (κ1) is 13.1. The average molecular weight is 252 g/mol. The van der Waals surface area contributed by atoms with E-state index in [0.717, 1.165) is 18.7 Å². The second kappa shape index (κ2) is 5.56. The molecule has 1 aliphatic heterocycles. The summed E-state index contributed by atoms with van der Waals surface area (Å²) in [5, 5.41) is 9.80. The molecule has 2 atom stereocenters. The van der Waals surface area contributed by atoms with Crippen molar-refractivity contribution in [1.82, 2.24) is 4.90 Å². The van der Waals surface area contributed by atoms with Crippen molar-refractivity contribution in [2.24, 2.45) is 0 Å². The van der Waals surface area contributed by atoms with Gasteiger partial charge in [0.05, 0.1) is 12.2 Å². The summed E-state index contributed by atoms with van der Waals surface area (Å²) in [6, 6.07) is 5.12. The Labute approximate surface area is 107 Å². The number of hydrogen-bond acceptors (Lipinski definition) is 5. The number of hydrogen-bond donors (Lipinski definition) is 2. The molecule has 1 aromatic rings. The van der Waals surface area contributed by atoms with Gasteiger partial charge in [0.15, 0.2) is 0 Å². The molecule has 100 valence electrons. The Balaban J connectivity index is 2.04. The van der Waals surface area contributed by atoms with Crippen molar-refractivity contribution in [3.63, 3.8) is 0 Å². The fourth-order valence-corrected chi connectivity index (χ4v) is 2.37. The minimum Gasteiger partial charge on any atom is -0.508 e. The zero-order valence-electron chi connectivity index (χ0n) is 10.8. The van der Waals surface area contributed by atoms with Gasteiger partial charge in [0.2, 0.25) is 0 Å². The smallest absolute Gasteiger partial charge is 0.120 e. The molecule has 1 saturated heterocycles. The SMILES string of the molecule is COC1CN(Cc2cc(N)ccc2O)CC1OC. The number of phenols is 1. The summed E-state index contributed by atoms with van der Waals surface area (Å²) in [5.74, 6) is 0.277. The third-order valence-electron chi connectivity index (χ3n) is 3.39. The highest BCUT2D eigenvalue weighted by Crippen LogP contribution is 2.24. The Morgan fingerprint density at radius 2 is 1.89 bits per heavy atom. The lowest BCUT2D eigenvalue weighted by molar-refractivity contribution is -0.00461. The lowest BCUT2D eigenvalue weighted by atomic mass is 10.1. The number of ether oxygens (including phenoxy) is 2. The fourth-order valence-electron chi connectivity index (χ4n) is 2.37. The maximum absolute atomic E-state index is 9.80. The normalized spacial score (nSPS) is 24.6. The second-order valence-corrected chi connectivity index (χ2v) is 4.63. The molecule has 5 nitrogen and oxygen atoms in total. The Morgan fingerprint density at radius 3 is 2.44 bits per heavy atom. The van der Waals surface area contributed by atoms with Gasteiger partial charge in [0.1, 0.15) is 5.75 Å². The van der Waals surface area contributed by atoms with Crippen LogP contribution in [-0.2, 0) is 16.0 Å². The third kappa shape index (κ3) is 2.75. The summed E-state index contributed by atoms with van der Waals surface area (Å²) in [6.45, 7) is 2.24. The van der Waals surface area contributed by atoms with Crippen molar-refractivity contribution >= 4 is 5.69 Å². The van der Waals surface area contributed by atoms with Crippen molar-refractivity contribution in [3.8, 4) is 5.75 Å². The molecule has 1 fully saturated rings. The molecule has 0 bridgehead atoms. The highest BCUT2D eigenvalue weighted by Gasteiger charge is 2.32. The maximum Gasteiger partial charge on any atom is 0.120 e. The average Bonchev–Trinajstić information content (AvgIpc) is 2.76. The molecular weight excluding hydrogens is 232 g/mol. The van der Waals surface area contributed by atoms with Crippen molar-refractivity contribution < 1.29 is 14.6 Å². The van der Waals surface area contributed by atoms with Crippen LogP contribution in [0.15, 0.2) is 18.2 Å². The summed E-state index contributed by atoms with van der Waals surface area (Å²) >= 11 is 0. The predicted molar refractivity (Wildman–Crippen MR) is 69.4 cm³/mol. The first-order valence-electron chi connectivity index (χ1n) is 5.99. The number of aromatic hydroxyl groups is 1. The minimum absolute atomic E-state index is 0.0817. The van der Waals surface area contributed by atoms with Crippen LogP contribution in [0.4, 0.5) is 5.69 Å². The number of benzene rings is 1. The van der Waals surface area contributed by atoms with Gasteiger partial charge in [-0.15, -0.1) is 0 Å². The van der Waals surface area contributed by atoms with Crippen LogP contribution in [-0.4, -0.2) is 49.5 Å². The first-order valence-corrected chi connectivity index (χ1v) is 5.99. The van der Waals surface area contributed by atoms with Crippen molar-refractivity contribution in [2.45, 2.75) is 18.8 Å². The monoisotopic (exact) mass is 252 g/mol. The number of anilines is 1. The zero-order valence-corrected chi connectivity index (χ0v) is 10.8. The van der Waals surface area contributed by atoms with Gasteiger partial charge in [-0.2, -0.15) is 0 Å². The van der Waals surface area contributed by atoms with Gasteiger partial charge in [-0.1, -0.05) is 0 Å². The van der Waals surface area contributed by atoms with E-state index in [-0.39, 0.29) is 18.0 Å². The molecule has 0 radical (unpaired) electrons. The van der Waals surface area contributed by atoms with E-state index in [1.807, 2.05) is 0 Å². The lowest BCUT2D eigenvalue weighted by Gasteiger charge is -2.16. The lowest BCUT2D eigenvalue weighted by Crippen LogP contribution is -2.27. The molecule has 2 rings (SSSR count). The maximum atomic E-state index is 9.80. The van der Waals surface area contributed by atoms with Gasteiger partial charge in [-0.05, 0) is 18.2 Å². The quantitative estimate of drug-likeness (QED) is 0.613. The van der Waals surface area contributed by atoms with Crippen molar-refractivity contribution in [2.75, 3.05) is 33.0 Å². The van der Waals surface area contributed by atoms with E-state index in [0.29, 0.717) is 12.2 Å². The summed E-state index contributed by atoms with van der Waals surface area (Å²) in [7, 11) is 3.39. The van der Waals surface area contributed by atoms with Gasteiger partial charge in [0.25, 0.3) is 0 Å². The highest BCUT2D eigenvalue weighted by atomic mass is 16.5. The number of phenolic OH excluding ortho intramolecular Hbond substituents is 1. The van der Waals surface area contributed by atoms with Crippen molar-refractivity contribution in [3.05, 3.63) is 23.8 Å². The van der Waals surface area contributed by atoms with E-state index in [4.69, 9.17) is 15.2 Å². The van der Waals surface area contributed by atoms with E-state index >= 15 is 0 Å². The standard InChI is InChI=1S/C13H20N2O3/c1-17-12-7-15(8-13(12)18-2)6-9-5-10(14)3-4-11(9)16/h3-5,12-13,16H,6-8,14H2,1-2H3. The molecule has 0 spiro atoms. The van der Waals surface area contributed by atoms with Crippen LogP contribution < -0.4 is 5.73 Å². The molecular formula is C13H20N2O3. The third-order valence-corrected chi connectivity index (χ3v) is 3.39. The van der Waals surface area contributed by atoms with Gasteiger partial charge in [0, 0.05) is 45.1 Å². The molecule has 1 heterocycles. The number of nitrogens with zero attached hydrogens (tertiary/aromatic N) is 1. The Kier molecular flexibility index (Phi) is 4.06. The molecule has 0 saturated carbocycles. The number of rotatable bonds is 4. The van der Waals surface area contributed by atoms with Crippen molar-refractivity contribution in [1.29, 1.82) is 0 Å². The molecule has 1 aliphatic rings. The van der Waals surface area contributed by atoms with Crippen LogP contribution in [0.5, 0.6) is 5.75 Å². The number of nitrogens with two attached hydrogens (primary N) is 1. The summed E-state index contributed by atoms with van der Waals surface area (Å²) in [6.07, 6.45) is 0.163. The topological polar surface area (TPSA) is 68.0 Å². The molecule has 1 aromatic carbocycles. The van der Waals surface area contributed by atoms with Crippen LogP contribution in [0.2, 0.25) is 0 Å². The fraction of sp³-hybridized carbons (Fsp3) is 0.538. The summed E-state index contributed by atoms with van der Waals surface area (Å²) in [4.78, 5) is 2.19. The van der Waals surface area contributed by atoms with Crippen LogP contribution >= 0.6 is 0 Å². The van der Waals surface area contributed by atoms with Gasteiger partial charge in [-0.3, -0.25) is 4.90 Å². The van der Waals surface area contributed by atoms with Gasteiger partial charge >= 0.3 is 0 Å². The van der Waals surface area contributed by atoms with E-state index in [1.165, 1.54) is 0 Å². The number of likely N-dealkylation sites (tertiary alicyclic amines) is 1.